The lowest BCUT2D eigenvalue weighted by Crippen LogP contribution is -2.20. The van der Waals surface area contributed by atoms with E-state index in [4.69, 9.17) is 4.74 Å². The second kappa shape index (κ2) is 8.84. The van der Waals surface area contributed by atoms with E-state index in [2.05, 4.69) is 26.0 Å². The largest absolute Gasteiger partial charge is 0.483 e. The van der Waals surface area contributed by atoms with E-state index in [1.54, 1.807) is 32.0 Å². The monoisotopic (exact) mass is 476 g/mol. The predicted molar refractivity (Wildman–Crippen MR) is 120 cm³/mol. The van der Waals surface area contributed by atoms with Crippen molar-refractivity contribution in [2.75, 3.05) is 22.4 Å². The molecular weight excluding hydrogens is 456 g/mol. The summed E-state index contributed by atoms with van der Waals surface area (Å²) < 4.78 is 32.4. The lowest BCUT2D eigenvalue weighted by molar-refractivity contribution is -0.118. The number of sulfonamides is 1. The number of benzene rings is 3. The first-order valence-electron chi connectivity index (χ1n) is 9.00. The second-order valence-electron chi connectivity index (χ2n) is 6.47. The van der Waals surface area contributed by atoms with Crippen LogP contribution in [0.15, 0.2) is 59.1 Å². The topological polar surface area (TPSA) is 84.5 Å². The number of hydrogen-bond acceptors (Lipinski definition) is 4. The van der Waals surface area contributed by atoms with Crippen LogP contribution in [-0.4, -0.2) is 26.7 Å². The van der Waals surface area contributed by atoms with Gasteiger partial charge >= 0.3 is 0 Å². The molecule has 3 aromatic rings. The molecule has 0 radical (unpaired) electrons. The summed E-state index contributed by atoms with van der Waals surface area (Å²) in [7, 11) is -3.35. The number of halogens is 1. The van der Waals surface area contributed by atoms with Gasteiger partial charge in [0.25, 0.3) is 5.91 Å². The number of aryl methyl sites for hydroxylation is 1. The Hall–Kier alpha value is -2.58. The lowest BCUT2D eigenvalue weighted by Gasteiger charge is -2.13. The van der Waals surface area contributed by atoms with Crippen molar-refractivity contribution in [2.24, 2.45) is 0 Å². The van der Waals surface area contributed by atoms with Gasteiger partial charge in [-0.3, -0.25) is 9.52 Å². The van der Waals surface area contributed by atoms with Gasteiger partial charge in [-0.05, 0) is 70.4 Å². The molecule has 3 rings (SSSR count). The van der Waals surface area contributed by atoms with Gasteiger partial charge < -0.3 is 10.1 Å². The minimum absolute atomic E-state index is 0.00734. The molecule has 0 aliphatic rings. The maximum atomic E-state index is 12.3. The van der Waals surface area contributed by atoms with E-state index in [-0.39, 0.29) is 18.3 Å². The third-order valence-electron chi connectivity index (χ3n) is 4.34. The SMILES string of the molecule is CCS(=O)(=O)Nc1ccc(NC(=O)COc2ccc3ccccc3c2Br)cc1C. The van der Waals surface area contributed by atoms with Gasteiger partial charge in [0.2, 0.25) is 10.0 Å². The highest BCUT2D eigenvalue weighted by Crippen LogP contribution is 2.33. The highest BCUT2D eigenvalue weighted by atomic mass is 79.9. The minimum Gasteiger partial charge on any atom is -0.483 e. The number of fused-ring (bicyclic) bond motifs is 1. The summed E-state index contributed by atoms with van der Waals surface area (Å²) in [5, 5.41) is 4.84. The van der Waals surface area contributed by atoms with E-state index in [1.807, 2.05) is 36.4 Å². The minimum atomic E-state index is -3.35. The van der Waals surface area contributed by atoms with Gasteiger partial charge in [0.15, 0.2) is 6.61 Å². The molecule has 0 saturated heterocycles. The van der Waals surface area contributed by atoms with E-state index in [0.717, 1.165) is 15.2 Å². The predicted octanol–water partition coefficient (Wildman–Crippen LogP) is 4.69. The fraction of sp³-hybridized carbons (Fsp3) is 0.190. The summed E-state index contributed by atoms with van der Waals surface area (Å²) >= 11 is 3.53. The van der Waals surface area contributed by atoms with E-state index in [0.29, 0.717) is 22.7 Å². The molecule has 0 spiro atoms. The number of amides is 1. The van der Waals surface area contributed by atoms with Crippen molar-refractivity contribution in [1.82, 2.24) is 0 Å². The molecule has 2 N–H and O–H groups in total. The van der Waals surface area contributed by atoms with E-state index in [1.165, 1.54) is 0 Å². The Morgan fingerprint density at radius 3 is 2.59 bits per heavy atom. The van der Waals surface area contributed by atoms with Gasteiger partial charge in [-0.1, -0.05) is 30.3 Å². The van der Waals surface area contributed by atoms with Crippen molar-refractivity contribution in [3.8, 4) is 5.75 Å². The van der Waals surface area contributed by atoms with Crippen LogP contribution < -0.4 is 14.8 Å². The molecule has 29 heavy (non-hydrogen) atoms. The zero-order chi connectivity index (χ0) is 21.0. The van der Waals surface area contributed by atoms with Gasteiger partial charge in [0.1, 0.15) is 5.75 Å². The molecule has 0 fully saturated rings. The maximum absolute atomic E-state index is 12.3. The molecule has 6 nitrogen and oxygen atoms in total. The molecule has 0 atom stereocenters. The molecule has 152 valence electrons. The van der Waals surface area contributed by atoms with Crippen LogP contribution in [-0.2, 0) is 14.8 Å². The average molecular weight is 477 g/mol. The highest BCUT2D eigenvalue weighted by molar-refractivity contribution is 9.10. The van der Waals surface area contributed by atoms with Gasteiger partial charge in [0.05, 0.1) is 15.9 Å². The van der Waals surface area contributed by atoms with Crippen LogP contribution in [0.4, 0.5) is 11.4 Å². The number of nitrogens with one attached hydrogen (secondary N) is 2. The number of anilines is 2. The van der Waals surface area contributed by atoms with Crippen molar-refractivity contribution < 1.29 is 17.9 Å². The first-order valence-corrected chi connectivity index (χ1v) is 11.4. The van der Waals surface area contributed by atoms with Crippen molar-refractivity contribution in [1.29, 1.82) is 0 Å². The van der Waals surface area contributed by atoms with E-state index >= 15 is 0 Å². The standard InChI is InChI=1S/C21H21BrN2O4S/c1-3-29(26,27)24-18-10-9-16(12-14(18)2)23-20(25)13-28-19-11-8-15-6-4-5-7-17(15)21(19)22/h4-12,24H,3,13H2,1-2H3,(H,23,25). The average Bonchev–Trinajstić information content (AvgIpc) is 2.70. The zero-order valence-electron chi connectivity index (χ0n) is 16.0. The molecule has 3 aromatic carbocycles. The molecule has 1 amide bonds. The van der Waals surface area contributed by atoms with Crippen LogP contribution >= 0.6 is 15.9 Å². The molecule has 0 aliphatic carbocycles. The third-order valence-corrected chi connectivity index (χ3v) is 6.45. The Morgan fingerprint density at radius 2 is 1.86 bits per heavy atom. The number of ether oxygens (including phenoxy) is 1. The van der Waals surface area contributed by atoms with Crippen molar-refractivity contribution in [3.05, 3.63) is 64.6 Å². The van der Waals surface area contributed by atoms with Gasteiger partial charge in [-0.2, -0.15) is 0 Å². The van der Waals surface area contributed by atoms with Crippen molar-refractivity contribution >= 4 is 54.0 Å². The van der Waals surface area contributed by atoms with E-state index < -0.39 is 10.0 Å². The fourth-order valence-electron chi connectivity index (χ4n) is 2.76. The van der Waals surface area contributed by atoms with Crippen LogP contribution in [0, 0.1) is 6.92 Å². The summed E-state index contributed by atoms with van der Waals surface area (Å²) in [6.07, 6.45) is 0. The Kier molecular flexibility index (Phi) is 6.44. The smallest absolute Gasteiger partial charge is 0.262 e. The zero-order valence-corrected chi connectivity index (χ0v) is 18.4. The molecule has 0 aliphatic heterocycles. The molecule has 0 saturated carbocycles. The summed E-state index contributed by atoms with van der Waals surface area (Å²) in [5.41, 5.74) is 1.76. The van der Waals surface area contributed by atoms with E-state index in [9.17, 15) is 13.2 Å². The number of rotatable bonds is 7. The normalized spacial score (nSPS) is 11.3. The van der Waals surface area contributed by atoms with Crippen LogP contribution in [0.1, 0.15) is 12.5 Å². The quantitative estimate of drug-likeness (QED) is 0.517. The maximum Gasteiger partial charge on any atom is 0.262 e. The van der Waals surface area contributed by atoms with Gasteiger partial charge in [-0.15, -0.1) is 0 Å². The summed E-state index contributed by atoms with van der Waals surface area (Å²) in [4.78, 5) is 12.3. The number of hydrogen-bond donors (Lipinski definition) is 2. The highest BCUT2D eigenvalue weighted by Gasteiger charge is 2.11. The second-order valence-corrected chi connectivity index (χ2v) is 9.27. The summed E-state index contributed by atoms with van der Waals surface area (Å²) in [6.45, 7) is 3.19. The number of carbonyl (C=O) groups excluding carboxylic acids is 1. The molecule has 0 bridgehead atoms. The molecule has 0 heterocycles. The Bertz CT molecular complexity index is 1160. The van der Waals surface area contributed by atoms with Gasteiger partial charge in [0, 0.05) is 5.69 Å². The first kappa shape index (κ1) is 21.1. The first-order chi connectivity index (χ1) is 13.8. The Balaban J connectivity index is 1.64. The van der Waals surface area contributed by atoms with Crippen LogP contribution in [0.2, 0.25) is 0 Å². The Labute approximate surface area is 178 Å². The van der Waals surface area contributed by atoms with Crippen LogP contribution in [0.3, 0.4) is 0 Å². The molecule has 8 heteroatoms. The summed E-state index contributed by atoms with van der Waals surface area (Å²) in [6, 6.07) is 16.6. The van der Waals surface area contributed by atoms with Crippen LogP contribution in [0.5, 0.6) is 5.75 Å². The molecular formula is C21H21BrN2O4S. The third kappa shape index (κ3) is 5.27. The summed E-state index contributed by atoms with van der Waals surface area (Å²) in [5.74, 6) is 0.262. The van der Waals surface area contributed by atoms with Crippen molar-refractivity contribution in [2.45, 2.75) is 13.8 Å². The Morgan fingerprint density at radius 1 is 1.10 bits per heavy atom. The van der Waals surface area contributed by atoms with Crippen molar-refractivity contribution in [3.63, 3.8) is 0 Å². The van der Waals surface area contributed by atoms with Gasteiger partial charge in [-0.25, -0.2) is 8.42 Å². The number of carbonyl (C=O) groups is 1. The fourth-order valence-corrected chi connectivity index (χ4v) is 4.08. The molecule has 0 unspecified atom stereocenters. The lowest BCUT2D eigenvalue weighted by atomic mass is 10.1. The van der Waals surface area contributed by atoms with Crippen LogP contribution in [0.25, 0.3) is 10.8 Å². The molecule has 0 aromatic heterocycles.